The van der Waals surface area contributed by atoms with Gasteiger partial charge in [0, 0.05) is 0 Å². The Labute approximate surface area is 112 Å². The van der Waals surface area contributed by atoms with Crippen molar-refractivity contribution in [1.29, 1.82) is 0 Å². The zero-order valence-electron chi connectivity index (χ0n) is 12.0. The maximum atomic E-state index is 2.30. The molecule has 0 saturated carbocycles. The molecule has 2 rings (SSSR count). The molecule has 0 fully saturated rings. The van der Waals surface area contributed by atoms with Crippen LogP contribution in [-0.4, -0.2) is 0 Å². The van der Waals surface area contributed by atoms with Gasteiger partial charge in [-0.05, 0) is 30.0 Å². The van der Waals surface area contributed by atoms with Crippen molar-refractivity contribution in [3.05, 3.63) is 59.7 Å². The van der Waals surface area contributed by atoms with Gasteiger partial charge in [-0.1, -0.05) is 81.3 Å². The molecule has 0 radical (unpaired) electrons. The quantitative estimate of drug-likeness (QED) is 0.651. The first-order valence-electron chi connectivity index (χ1n) is 6.95. The minimum absolute atomic E-state index is 1.17. The summed E-state index contributed by atoms with van der Waals surface area (Å²) in [6, 6.07) is 17.6. The van der Waals surface area contributed by atoms with Gasteiger partial charge in [-0.15, -0.1) is 0 Å². The number of hydrogen-bond acceptors (Lipinski definition) is 0. The summed E-state index contributed by atoms with van der Waals surface area (Å²) in [6.07, 6.45) is 2.37. The number of hydrogen-bond donors (Lipinski definition) is 0. The fourth-order valence-electron chi connectivity index (χ4n) is 1.94. The average Bonchev–Trinajstić information content (AvgIpc) is 2.43. The Kier molecular flexibility index (Phi) is 6.21. The minimum atomic E-state index is 1.17. The van der Waals surface area contributed by atoms with E-state index in [1.54, 1.807) is 0 Å². The highest BCUT2D eigenvalue weighted by atomic mass is 14.0. The molecule has 0 bridgehead atoms. The third-order valence-electron chi connectivity index (χ3n) is 2.85. The molecule has 0 N–H and O–H groups in total. The monoisotopic (exact) mass is 240 g/mol. The molecule has 96 valence electrons. The van der Waals surface area contributed by atoms with E-state index in [1.807, 2.05) is 13.8 Å². The van der Waals surface area contributed by atoms with Crippen LogP contribution in [-0.2, 0) is 6.42 Å². The van der Waals surface area contributed by atoms with Gasteiger partial charge in [0.2, 0.25) is 0 Å². The van der Waals surface area contributed by atoms with Crippen LogP contribution in [0.3, 0.4) is 0 Å². The largest absolute Gasteiger partial charge is 0.0683 e. The van der Waals surface area contributed by atoms with E-state index in [1.165, 1.54) is 35.1 Å². The Hall–Kier alpha value is -1.56. The van der Waals surface area contributed by atoms with E-state index in [2.05, 4.69) is 62.4 Å². The fraction of sp³-hybridized carbons (Fsp3) is 0.333. The van der Waals surface area contributed by atoms with Crippen LogP contribution in [0.25, 0.3) is 11.1 Å². The predicted octanol–water partition coefficient (Wildman–Crippen LogP) is 5.64. The van der Waals surface area contributed by atoms with Crippen LogP contribution in [0.5, 0.6) is 0 Å². The number of aryl methyl sites for hydroxylation is 2. The van der Waals surface area contributed by atoms with E-state index in [0.717, 1.165) is 0 Å². The standard InChI is InChI=1S/C16H18.C2H6/c1-3-5-14-6-4-7-16(12-14)15-10-8-13(2)9-11-15;1-2/h4,6-12H,3,5H2,1-2H3;1-2H3. The summed E-state index contributed by atoms with van der Waals surface area (Å²) in [5, 5.41) is 0. The zero-order valence-corrected chi connectivity index (χ0v) is 12.0. The Morgan fingerprint density at radius 1 is 0.833 bits per heavy atom. The lowest BCUT2D eigenvalue weighted by Gasteiger charge is -2.05. The Morgan fingerprint density at radius 2 is 1.50 bits per heavy atom. The Morgan fingerprint density at radius 3 is 2.11 bits per heavy atom. The Bertz CT molecular complexity index is 452. The lowest BCUT2D eigenvalue weighted by Crippen LogP contribution is -1.84. The molecular weight excluding hydrogens is 216 g/mol. The fourth-order valence-corrected chi connectivity index (χ4v) is 1.94. The molecule has 0 saturated heterocycles. The molecule has 0 aliphatic rings. The second kappa shape index (κ2) is 7.71. The molecule has 0 heterocycles. The lowest BCUT2D eigenvalue weighted by atomic mass is 10.0. The first-order valence-corrected chi connectivity index (χ1v) is 6.95. The third-order valence-corrected chi connectivity index (χ3v) is 2.85. The van der Waals surface area contributed by atoms with Crippen LogP contribution in [0.2, 0.25) is 0 Å². The van der Waals surface area contributed by atoms with Crippen LogP contribution in [0.15, 0.2) is 48.5 Å². The highest BCUT2D eigenvalue weighted by Crippen LogP contribution is 2.21. The molecule has 0 aliphatic carbocycles. The van der Waals surface area contributed by atoms with E-state index < -0.39 is 0 Å². The molecule has 18 heavy (non-hydrogen) atoms. The molecular formula is C18H24. The van der Waals surface area contributed by atoms with E-state index in [9.17, 15) is 0 Å². The number of benzene rings is 2. The summed E-state index contributed by atoms with van der Waals surface area (Å²) in [4.78, 5) is 0. The van der Waals surface area contributed by atoms with Gasteiger partial charge in [0.25, 0.3) is 0 Å². The summed E-state index contributed by atoms with van der Waals surface area (Å²) in [5.74, 6) is 0. The Balaban J connectivity index is 0.000000771. The van der Waals surface area contributed by atoms with Crippen molar-refractivity contribution in [3.8, 4) is 11.1 Å². The van der Waals surface area contributed by atoms with Crippen molar-refractivity contribution in [2.24, 2.45) is 0 Å². The normalized spacial score (nSPS) is 9.56. The maximum absolute atomic E-state index is 2.30. The second-order valence-electron chi connectivity index (χ2n) is 4.32. The van der Waals surface area contributed by atoms with Crippen molar-refractivity contribution in [3.63, 3.8) is 0 Å². The van der Waals surface area contributed by atoms with Gasteiger partial charge in [-0.3, -0.25) is 0 Å². The van der Waals surface area contributed by atoms with Gasteiger partial charge in [-0.25, -0.2) is 0 Å². The predicted molar refractivity (Wildman–Crippen MR) is 82.0 cm³/mol. The third kappa shape index (κ3) is 4.03. The number of rotatable bonds is 3. The van der Waals surface area contributed by atoms with Crippen molar-refractivity contribution >= 4 is 0 Å². The van der Waals surface area contributed by atoms with Crippen molar-refractivity contribution in [1.82, 2.24) is 0 Å². The molecule has 0 aromatic heterocycles. The van der Waals surface area contributed by atoms with Crippen LogP contribution in [0.4, 0.5) is 0 Å². The first kappa shape index (κ1) is 14.5. The summed E-state index contributed by atoms with van der Waals surface area (Å²) in [5.41, 5.74) is 5.38. The van der Waals surface area contributed by atoms with E-state index >= 15 is 0 Å². The molecule has 0 atom stereocenters. The van der Waals surface area contributed by atoms with Crippen molar-refractivity contribution < 1.29 is 0 Å². The molecule has 2 aromatic rings. The molecule has 0 heteroatoms. The van der Waals surface area contributed by atoms with Crippen LogP contribution < -0.4 is 0 Å². The van der Waals surface area contributed by atoms with Gasteiger partial charge in [0.05, 0.1) is 0 Å². The summed E-state index contributed by atoms with van der Waals surface area (Å²) < 4.78 is 0. The maximum Gasteiger partial charge on any atom is -0.0181 e. The van der Waals surface area contributed by atoms with Crippen LogP contribution in [0.1, 0.15) is 38.3 Å². The van der Waals surface area contributed by atoms with E-state index in [4.69, 9.17) is 0 Å². The average molecular weight is 240 g/mol. The molecule has 0 amide bonds. The minimum Gasteiger partial charge on any atom is -0.0683 e. The van der Waals surface area contributed by atoms with Crippen molar-refractivity contribution in [2.45, 2.75) is 40.5 Å². The molecule has 0 nitrogen and oxygen atoms in total. The van der Waals surface area contributed by atoms with Crippen LogP contribution >= 0.6 is 0 Å². The van der Waals surface area contributed by atoms with Gasteiger partial charge < -0.3 is 0 Å². The van der Waals surface area contributed by atoms with Gasteiger partial charge in [0.15, 0.2) is 0 Å². The summed E-state index contributed by atoms with van der Waals surface area (Å²) >= 11 is 0. The van der Waals surface area contributed by atoms with Crippen LogP contribution in [0, 0.1) is 6.92 Å². The summed E-state index contributed by atoms with van der Waals surface area (Å²) in [7, 11) is 0. The molecule has 0 aliphatic heterocycles. The highest BCUT2D eigenvalue weighted by molar-refractivity contribution is 5.64. The second-order valence-corrected chi connectivity index (χ2v) is 4.32. The zero-order chi connectivity index (χ0) is 13.4. The first-order chi connectivity index (χ1) is 8.79. The SMILES string of the molecule is CC.CCCc1cccc(-c2ccc(C)cc2)c1. The highest BCUT2D eigenvalue weighted by Gasteiger charge is 1.98. The molecule has 0 spiro atoms. The van der Waals surface area contributed by atoms with Gasteiger partial charge in [-0.2, -0.15) is 0 Å². The molecule has 0 unspecified atom stereocenters. The molecule has 2 aromatic carbocycles. The van der Waals surface area contributed by atoms with Crippen molar-refractivity contribution in [2.75, 3.05) is 0 Å². The smallest absolute Gasteiger partial charge is 0.0181 e. The van der Waals surface area contributed by atoms with E-state index in [0.29, 0.717) is 0 Å². The van der Waals surface area contributed by atoms with Gasteiger partial charge in [0.1, 0.15) is 0 Å². The summed E-state index contributed by atoms with van der Waals surface area (Å²) in [6.45, 7) is 8.34. The van der Waals surface area contributed by atoms with Gasteiger partial charge >= 0.3 is 0 Å². The van der Waals surface area contributed by atoms with E-state index in [-0.39, 0.29) is 0 Å². The topological polar surface area (TPSA) is 0 Å². The lowest BCUT2D eigenvalue weighted by molar-refractivity contribution is 0.922.